The summed E-state index contributed by atoms with van der Waals surface area (Å²) in [6.07, 6.45) is 2.12. The van der Waals surface area contributed by atoms with Crippen LogP contribution < -0.4 is 31.9 Å². The van der Waals surface area contributed by atoms with Crippen LogP contribution in [0.4, 0.5) is 11.4 Å². The maximum atomic E-state index is 12.3. The lowest BCUT2D eigenvalue weighted by Crippen LogP contribution is -2.33. The summed E-state index contributed by atoms with van der Waals surface area (Å²) in [5.74, 6) is -3.07. The Kier molecular flexibility index (Phi) is 15.3. The molecule has 0 aromatic heterocycles. The molecule has 0 radical (unpaired) electrons. The molecule has 4 aliphatic heterocycles. The number of carbonyl (C=O) groups excluding carboxylic acids is 4. The van der Waals surface area contributed by atoms with Crippen molar-refractivity contribution in [2.24, 2.45) is 11.5 Å². The van der Waals surface area contributed by atoms with Crippen LogP contribution in [-0.4, -0.2) is 91.9 Å². The average molecular weight is 801 g/mol. The lowest BCUT2D eigenvalue weighted by molar-refractivity contribution is -0.148. The monoisotopic (exact) mass is 800 g/mol. The van der Waals surface area contributed by atoms with Gasteiger partial charge in [0.15, 0.2) is 11.1 Å². The van der Waals surface area contributed by atoms with Gasteiger partial charge in [-0.25, -0.2) is 19.2 Å². The van der Waals surface area contributed by atoms with Gasteiger partial charge >= 0.3 is 23.9 Å². The van der Waals surface area contributed by atoms with E-state index in [1.807, 2.05) is 36.4 Å². The predicted octanol–water partition coefficient (Wildman–Crippen LogP) is 3.30. The molecular weight excluding hydrogens is 749 g/mol. The molecule has 2 fully saturated rings. The third kappa shape index (κ3) is 9.02. The molecule has 0 bridgehead atoms. The lowest BCUT2D eigenvalue weighted by atomic mass is 10.1. The molecule has 0 amide bonds. The molecule has 2 saturated heterocycles. The van der Waals surface area contributed by atoms with Crippen LogP contribution in [0.25, 0.3) is 11.4 Å². The number of hydrogen-bond donors (Lipinski definition) is 4. The zero-order valence-corrected chi connectivity index (χ0v) is 33.7. The fourth-order valence-corrected chi connectivity index (χ4v) is 9.32. The van der Waals surface area contributed by atoms with Crippen molar-refractivity contribution in [3.05, 3.63) is 58.7 Å². The summed E-state index contributed by atoms with van der Waals surface area (Å²) >= 11 is 3.42. The molecule has 17 heteroatoms. The quantitative estimate of drug-likeness (QED) is 0.0796. The first kappa shape index (κ1) is 43.3. The predicted molar refractivity (Wildman–Crippen MR) is 214 cm³/mol. The first-order valence-electron chi connectivity index (χ1n) is 18.4. The zero-order valence-electron chi connectivity index (χ0n) is 32.1. The third-order valence-electron chi connectivity index (χ3n) is 9.32. The minimum atomic E-state index is -0.769. The molecule has 6 rings (SSSR count). The van der Waals surface area contributed by atoms with Crippen molar-refractivity contribution in [1.29, 1.82) is 0 Å². The van der Waals surface area contributed by atoms with Crippen molar-refractivity contribution in [2.75, 3.05) is 49.3 Å². The number of carbonyl (C=O) groups is 4. The number of nitrogens with one attached hydrogen (secondary N) is 2. The molecule has 2 aromatic rings. The number of nitrogens with two attached hydrogens (primary N) is 2. The van der Waals surface area contributed by atoms with Crippen LogP contribution in [0.3, 0.4) is 0 Å². The average Bonchev–Trinajstić information content (AvgIpc) is 3.92. The van der Waals surface area contributed by atoms with E-state index in [9.17, 15) is 19.2 Å². The number of ether oxygens (including phenoxy) is 4. The van der Waals surface area contributed by atoms with E-state index in [0.29, 0.717) is 23.2 Å². The molecule has 0 saturated carbocycles. The highest BCUT2D eigenvalue weighted by molar-refractivity contribution is 8.00. The number of rotatable bonds is 12. The maximum Gasteiger partial charge on any atom is 0.347 e. The van der Waals surface area contributed by atoms with Crippen LogP contribution in [0.1, 0.15) is 65.5 Å². The normalized spacial score (nSPS) is 19.7. The lowest BCUT2D eigenvalue weighted by Gasteiger charge is -2.24. The van der Waals surface area contributed by atoms with E-state index in [1.165, 1.54) is 0 Å². The number of anilines is 2. The Morgan fingerprint density at radius 2 is 0.945 bits per heavy atom. The van der Waals surface area contributed by atoms with Gasteiger partial charge in [-0.3, -0.25) is 10.6 Å². The maximum absolute atomic E-state index is 12.3. The molecule has 4 aliphatic rings. The molecule has 0 spiro atoms. The van der Waals surface area contributed by atoms with Gasteiger partial charge in [0.25, 0.3) is 0 Å². The van der Waals surface area contributed by atoms with Crippen molar-refractivity contribution in [2.45, 2.75) is 87.3 Å². The summed E-state index contributed by atoms with van der Waals surface area (Å²) < 4.78 is 20.0. The Labute approximate surface area is 330 Å². The van der Waals surface area contributed by atoms with Crippen molar-refractivity contribution in [1.82, 2.24) is 10.6 Å². The molecule has 300 valence electrons. The fourth-order valence-electron chi connectivity index (χ4n) is 6.70. The van der Waals surface area contributed by atoms with Crippen LogP contribution in [0.2, 0.25) is 0 Å². The van der Waals surface area contributed by atoms with Crippen LogP contribution in [-0.2, 0) is 38.1 Å². The van der Waals surface area contributed by atoms with Gasteiger partial charge < -0.3 is 45.7 Å². The molecule has 55 heavy (non-hydrogen) atoms. The molecule has 4 unspecified atom stereocenters. The third-order valence-corrected chi connectivity index (χ3v) is 11.7. The van der Waals surface area contributed by atoms with E-state index in [2.05, 4.69) is 34.3 Å². The van der Waals surface area contributed by atoms with Crippen LogP contribution in [0, 0.1) is 0 Å². The van der Waals surface area contributed by atoms with E-state index < -0.39 is 23.9 Å². The summed E-state index contributed by atoms with van der Waals surface area (Å²) in [5.41, 5.74) is 16.0. The second-order valence-electron chi connectivity index (χ2n) is 12.5. The van der Waals surface area contributed by atoms with Gasteiger partial charge in [0, 0.05) is 35.0 Å². The number of fused-ring (bicyclic) bond motifs is 6. The number of benzene rings is 2. The Balaban J connectivity index is 0.000000240. The minimum absolute atomic E-state index is 0. The molecule has 2 aromatic carbocycles. The van der Waals surface area contributed by atoms with E-state index >= 15 is 0 Å². The van der Waals surface area contributed by atoms with E-state index in [-0.39, 0.29) is 65.4 Å². The van der Waals surface area contributed by atoms with Crippen LogP contribution in [0.5, 0.6) is 0 Å². The van der Waals surface area contributed by atoms with E-state index in [1.54, 1.807) is 51.2 Å². The van der Waals surface area contributed by atoms with E-state index in [4.69, 9.17) is 30.4 Å². The molecule has 15 nitrogen and oxygen atoms in total. The first-order valence-corrected chi connectivity index (χ1v) is 20.1. The van der Waals surface area contributed by atoms with Crippen molar-refractivity contribution >= 4 is 70.2 Å². The number of nitrogens with zero attached hydrogens (tertiary/aromatic N) is 2. The smallest absolute Gasteiger partial charge is 0.347 e. The van der Waals surface area contributed by atoms with Crippen LogP contribution in [0.15, 0.2) is 57.3 Å². The van der Waals surface area contributed by atoms with E-state index in [0.717, 1.165) is 47.1 Å². The SMILES string of the molecule is CCOC(=O)C(C(=O)OCC)=C(N)c1ccc2c(c1)SC1NCC(CC)N21.CCOC(=O)C(C(=O)OCC)=C(N)c1ccc2c(c1)SC1NCC(CC)N21.O. The molecule has 4 atom stereocenters. The van der Waals surface area contributed by atoms with Crippen molar-refractivity contribution in [3.63, 3.8) is 0 Å². The van der Waals surface area contributed by atoms with Gasteiger partial charge in [0.2, 0.25) is 0 Å². The summed E-state index contributed by atoms with van der Waals surface area (Å²) in [6, 6.07) is 12.4. The van der Waals surface area contributed by atoms with Gasteiger partial charge in [-0.15, -0.1) is 0 Å². The van der Waals surface area contributed by atoms with Crippen molar-refractivity contribution in [3.8, 4) is 0 Å². The summed E-state index contributed by atoms with van der Waals surface area (Å²) in [5, 5.41) is 7.01. The second kappa shape index (κ2) is 19.4. The highest BCUT2D eigenvalue weighted by Crippen LogP contribution is 2.48. The Morgan fingerprint density at radius 3 is 1.24 bits per heavy atom. The largest absolute Gasteiger partial charge is 0.462 e. The minimum Gasteiger partial charge on any atom is -0.462 e. The number of thioether (sulfide) groups is 2. The standard InChI is InChI=1S/2C19H25N3O4S.H2O/c2*1-4-12-10-21-19-22(12)13-8-7-11(9-14(13)27-19)16(20)15(17(23)25-5-2)18(24)26-6-3;/h2*7-9,12,19,21H,4-6,10,20H2,1-3H3;1H2. The topological polar surface area (TPSA) is 219 Å². The van der Waals surface area contributed by atoms with Crippen molar-refractivity contribution < 1.29 is 43.6 Å². The molecule has 8 N–H and O–H groups in total. The summed E-state index contributed by atoms with van der Waals surface area (Å²) in [4.78, 5) is 55.9. The molecule has 4 heterocycles. The summed E-state index contributed by atoms with van der Waals surface area (Å²) in [6.45, 7) is 13.6. The Bertz CT molecular complexity index is 1650. The van der Waals surface area contributed by atoms with Gasteiger partial charge in [-0.1, -0.05) is 49.5 Å². The van der Waals surface area contributed by atoms with Gasteiger partial charge in [0.05, 0.1) is 49.2 Å². The van der Waals surface area contributed by atoms with Gasteiger partial charge in [0.1, 0.15) is 11.0 Å². The number of esters is 4. The fraction of sp³-hybridized carbons (Fsp3) is 0.474. The second-order valence-corrected chi connectivity index (χ2v) is 14.8. The highest BCUT2D eigenvalue weighted by Gasteiger charge is 2.41. The first-order chi connectivity index (χ1) is 26.0. The molecule has 0 aliphatic carbocycles. The van der Waals surface area contributed by atoms with Gasteiger partial charge in [-0.05, 0) is 75.9 Å². The van der Waals surface area contributed by atoms with Gasteiger partial charge in [-0.2, -0.15) is 0 Å². The Hall–Kier alpha value is -4.42. The Morgan fingerprint density at radius 1 is 0.618 bits per heavy atom. The number of hydrogen-bond acceptors (Lipinski definition) is 16. The molecular formula is C38H52N6O9S2. The van der Waals surface area contributed by atoms with Crippen LogP contribution >= 0.6 is 23.5 Å². The highest BCUT2D eigenvalue weighted by atomic mass is 32.2. The zero-order chi connectivity index (χ0) is 39.1. The summed E-state index contributed by atoms with van der Waals surface area (Å²) in [7, 11) is 0.